The third kappa shape index (κ3) is 2.26. The van der Waals surface area contributed by atoms with Crippen LogP contribution in [-0.4, -0.2) is 39.9 Å². The summed E-state index contributed by atoms with van der Waals surface area (Å²) < 4.78 is 12.7. The zero-order valence-electron chi connectivity index (χ0n) is 16.3. The number of hydroxylamine groups is 2. The van der Waals surface area contributed by atoms with Gasteiger partial charge in [0, 0.05) is 11.1 Å². The molecule has 5 nitrogen and oxygen atoms in total. The van der Waals surface area contributed by atoms with Gasteiger partial charge in [-0.25, -0.2) is 4.84 Å². The van der Waals surface area contributed by atoms with Gasteiger partial charge in [-0.3, -0.25) is 5.32 Å². The van der Waals surface area contributed by atoms with Crippen molar-refractivity contribution in [1.29, 1.82) is 0 Å². The maximum absolute atomic E-state index is 6.57. The highest BCUT2D eigenvalue weighted by Crippen LogP contribution is 2.69. The Bertz CT molecular complexity index is 682. The first-order valence-corrected chi connectivity index (χ1v) is 9.11. The Morgan fingerprint density at radius 3 is 2.12 bits per heavy atom. The van der Waals surface area contributed by atoms with Crippen LogP contribution in [-0.2, 0) is 14.3 Å². The molecule has 3 atom stereocenters. The fraction of sp³-hybridized carbons (Fsp3) is 0.700. The molecule has 3 heterocycles. The average molecular weight is 346 g/mol. The van der Waals surface area contributed by atoms with Crippen molar-refractivity contribution < 1.29 is 14.3 Å². The van der Waals surface area contributed by atoms with Gasteiger partial charge in [0.15, 0.2) is 5.60 Å². The monoisotopic (exact) mass is 346 g/mol. The maximum atomic E-state index is 6.57. The summed E-state index contributed by atoms with van der Waals surface area (Å²) >= 11 is 0. The van der Waals surface area contributed by atoms with E-state index in [0.29, 0.717) is 6.61 Å². The summed E-state index contributed by atoms with van der Waals surface area (Å²) in [6.07, 6.45) is 0. The fourth-order valence-electron chi connectivity index (χ4n) is 4.41. The van der Waals surface area contributed by atoms with Crippen LogP contribution in [0.25, 0.3) is 0 Å². The summed E-state index contributed by atoms with van der Waals surface area (Å²) in [7, 11) is 0. The molecular weight excluding hydrogens is 316 g/mol. The van der Waals surface area contributed by atoms with Crippen molar-refractivity contribution in [3.05, 3.63) is 35.9 Å². The van der Waals surface area contributed by atoms with Crippen LogP contribution in [0, 0.1) is 0 Å². The van der Waals surface area contributed by atoms with Gasteiger partial charge >= 0.3 is 0 Å². The summed E-state index contributed by atoms with van der Waals surface area (Å²) in [5, 5.41) is 5.67. The van der Waals surface area contributed by atoms with E-state index in [0.717, 1.165) is 0 Å². The van der Waals surface area contributed by atoms with E-state index in [1.54, 1.807) is 0 Å². The molecule has 5 heteroatoms. The number of benzene rings is 1. The topological polar surface area (TPSA) is 46.3 Å². The van der Waals surface area contributed by atoms with Gasteiger partial charge in [0.05, 0.1) is 12.6 Å². The number of rotatable bonds is 1. The molecule has 0 unspecified atom stereocenters. The molecular formula is C20H30N2O3. The van der Waals surface area contributed by atoms with E-state index < -0.39 is 11.5 Å². The second-order valence-electron chi connectivity index (χ2n) is 9.66. The molecule has 3 fully saturated rings. The Hall–Kier alpha value is -0.980. The van der Waals surface area contributed by atoms with Crippen molar-refractivity contribution in [3.63, 3.8) is 0 Å². The van der Waals surface area contributed by atoms with Crippen LogP contribution in [0.3, 0.4) is 0 Å². The van der Waals surface area contributed by atoms with Crippen molar-refractivity contribution >= 4 is 0 Å². The number of ether oxygens (including phenoxy) is 2. The van der Waals surface area contributed by atoms with Crippen LogP contribution >= 0.6 is 0 Å². The third-order valence-corrected chi connectivity index (χ3v) is 5.52. The Morgan fingerprint density at radius 1 is 1.08 bits per heavy atom. The molecule has 2 spiro atoms. The molecule has 3 aliphatic heterocycles. The Balaban J connectivity index is 1.88. The molecule has 138 valence electrons. The zero-order chi connectivity index (χ0) is 18.3. The fourth-order valence-corrected chi connectivity index (χ4v) is 4.41. The van der Waals surface area contributed by atoms with E-state index in [-0.39, 0.29) is 22.7 Å². The first-order chi connectivity index (χ1) is 11.4. The second-order valence-corrected chi connectivity index (χ2v) is 9.66. The molecule has 4 rings (SSSR count). The van der Waals surface area contributed by atoms with E-state index in [1.165, 1.54) is 5.56 Å². The second kappa shape index (κ2) is 4.84. The molecule has 0 saturated carbocycles. The zero-order valence-corrected chi connectivity index (χ0v) is 16.3. The summed E-state index contributed by atoms with van der Waals surface area (Å²) in [6.45, 7) is 15.6. The highest BCUT2D eigenvalue weighted by atomic mass is 16.9. The number of nitrogens with zero attached hydrogens (tertiary/aromatic N) is 1. The maximum Gasteiger partial charge on any atom is 0.280 e. The van der Waals surface area contributed by atoms with Crippen LogP contribution in [0.4, 0.5) is 0 Å². The molecule has 1 N–H and O–H groups in total. The van der Waals surface area contributed by atoms with E-state index in [4.69, 9.17) is 14.3 Å². The van der Waals surface area contributed by atoms with Gasteiger partial charge in [-0.2, -0.15) is 5.06 Å². The molecule has 1 aromatic carbocycles. The molecule has 25 heavy (non-hydrogen) atoms. The first kappa shape index (κ1) is 17.4. The third-order valence-electron chi connectivity index (χ3n) is 5.52. The van der Waals surface area contributed by atoms with E-state index in [9.17, 15) is 0 Å². The van der Waals surface area contributed by atoms with E-state index in [2.05, 4.69) is 83.1 Å². The predicted octanol–water partition coefficient (Wildman–Crippen LogP) is 3.37. The van der Waals surface area contributed by atoms with Crippen LogP contribution in [0.5, 0.6) is 0 Å². The molecule has 0 bridgehead atoms. The quantitative estimate of drug-likeness (QED) is 0.790. The molecule has 0 aromatic heterocycles. The lowest BCUT2D eigenvalue weighted by Crippen LogP contribution is -2.59. The highest BCUT2D eigenvalue weighted by molar-refractivity contribution is 5.35. The first-order valence-electron chi connectivity index (χ1n) is 9.11. The van der Waals surface area contributed by atoms with Crippen molar-refractivity contribution in [3.8, 4) is 0 Å². The largest absolute Gasteiger partial charge is 0.353 e. The normalized spacial score (nSPS) is 39.4. The molecule has 0 aliphatic carbocycles. The average Bonchev–Trinajstić information content (AvgIpc) is 2.80. The van der Waals surface area contributed by atoms with Crippen LogP contribution < -0.4 is 5.32 Å². The highest BCUT2D eigenvalue weighted by Gasteiger charge is 2.87. The van der Waals surface area contributed by atoms with E-state index >= 15 is 0 Å². The number of epoxide rings is 1. The molecule has 3 saturated heterocycles. The number of hydrogen-bond donors (Lipinski definition) is 1. The SMILES string of the molecule is CC1(C)CO[C@@]2(N1)ON(C(C)(C)C)[C@@H](c1ccccc1)[C@]21OC1(C)C. The smallest absolute Gasteiger partial charge is 0.280 e. The van der Waals surface area contributed by atoms with Gasteiger partial charge in [0.25, 0.3) is 5.91 Å². The Labute approximate surface area is 150 Å². The van der Waals surface area contributed by atoms with Crippen LogP contribution in [0.2, 0.25) is 0 Å². The van der Waals surface area contributed by atoms with Crippen molar-refractivity contribution in [2.45, 2.75) is 82.7 Å². The predicted molar refractivity (Wildman–Crippen MR) is 95.7 cm³/mol. The molecule has 1 aromatic rings. The molecule has 0 radical (unpaired) electrons. The van der Waals surface area contributed by atoms with Gasteiger partial charge in [0.1, 0.15) is 5.60 Å². The van der Waals surface area contributed by atoms with E-state index in [1.807, 2.05) is 6.07 Å². The number of nitrogens with one attached hydrogen (secondary N) is 1. The lowest BCUT2D eigenvalue weighted by Gasteiger charge is -2.35. The molecule has 0 amide bonds. The minimum absolute atomic E-state index is 0.0647. The standard InChI is InChI=1S/C20H30N2O3/c1-16(2,3)22-15(14-11-9-8-10-12-14)19(18(6,7)24-19)20(25-22)21-17(4,5)13-23-20/h8-12,15,21H,13H2,1-7H3/t15-,19+,20+/m0/s1. The number of fused-ring (bicyclic) bond motifs is 1. The minimum Gasteiger partial charge on any atom is -0.353 e. The minimum atomic E-state index is -0.978. The summed E-state index contributed by atoms with van der Waals surface area (Å²) in [4.78, 5) is 6.57. The summed E-state index contributed by atoms with van der Waals surface area (Å²) in [5.41, 5.74) is -0.181. The van der Waals surface area contributed by atoms with Crippen molar-refractivity contribution in [2.24, 2.45) is 0 Å². The Kier molecular flexibility index (Phi) is 3.38. The Morgan fingerprint density at radius 2 is 1.68 bits per heavy atom. The van der Waals surface area contributed by atoms with Gasteiger partial charge < -0.3 is 9.47 Å². The van der Waals surface area contributed by atoms with Crippen molar-refractivity contribution in [2.75, 3.05) is 6.61 Å². The van der Waals surface area contributed by atoms with Gasteiger partial charge in [-0.05, 0) is 54.0 Å². The molecule has 3 aliphatic rings. The van der Waals surface area contributed by atoms with Crippen LogP contribution in [0.1, 0.15) is 60.1 Å². The number of hydrogen-bond acceptors (Lipinski definition) is 5. The van der Waals surface area contributed by atoms with Gasteiger partial charge in [-0.15, -0.1) is 0 Å². The van der Waals surface area contributed by atoms with Crippen molar-refractivity contribution in [1.82, 2.24) is 10.4 Å². The summed E-state index contributed by atoms with van der Waals surface area (Å²) in [6, 6.07) is 10.4. The lowest BCUT2D eigenvalue weighted by molar-refractivity contribution is -0.329. The summed E-state index contributed by atoms with van der Waals surface area (Å²) in [5.74, 6) is -0.978. The van der Waals surface area contributed by atoms with Gasteiger partial charge in [0.2, 0.25) is 0 Å². The van der Waals surface area contributed by atoms with Crippen LogP contribution in [0.15, 0.2) is 30.3 Å². The lowest BCUT2D eigenvalue weighted by atomic mass is 9.81. The van der Waals surface area contributed by atoms with Gasteiger partial charge in [-0.1, -0.05) is 30.3 Å².